The largest absolute Gasteiger partial charge is 0.368 e. The minimum absolute atomic E-state index is 0.356. The Balaban J connectivity index is 2.11. The lowest BCUT2D eigenvalue weighted by Crippen LogP contribution is -2.22. The zero-order valence-electron chi connectivity index (χ0n) is 8.47. The molecular formula is C9H13N5S. The average Bonchev–Trinajstić information content (AvgIpc) is 2.85. The number of thiophene rings is 1. The Morgan fingerprint density at radius 2 is 2.47 bits per heavy atom. The van der Waals surface area contributed by atoms with Gasteiger partial charge in [0, 0.05) is 11.4 Å². The fourth-order valence-corrected chi connectivity index (χ4v) is 2.04. The lowest BCUT2D eigenvalue weighted by molar-refractivity contribution is 0.803. The number of nitrogens with zero attached hydrogens (tertiary/aromatic N) is 3. The highest BCUT2D eigenvalue weighted by molar-refractivity contribution is 7.09. The Kier molecular flexibility index (Phi) is 2.86. The molecule has 0 saturated carbocycles. The van der Waals surface area contributed by atoms with E-state index in [0.29, 0.717) is 11.9 Å². The van der Waals surface area contributed by atoms with Gasteiger partial charge in [-0.05, 0) is 18.4 Å². The monoisotopic (exact) mass is 223 g/mol. The first-order chi connectivity index (χ1) is 7.29. The molecule has 0 aliphatic carbocycles. The first-order valence-electron chi connectivity index (χ1n) is 4.74. The van der Waals surface area contributed by atoms with Crippen molar-refractivity contribution in [2.24, 2.45) is 0 Å². The summed E-state index contributed by atoms with van der Waals surface area (Å²) in [5, 5.41) is 8.74. The molecule has 80 valence electrons. The van der Waals surface area contributed by atoms with Crippen molar-refractivity contribution in [1.29, 1.82) is 0 Å². The van der Waals surface area contributed by atoms with E-state index in [1.807, 2.05) is 6.07 Å². The minimum Gasteiger partial charge on any atom is -0.368 e. The maximum Gasteiger partial charge on any atom is 0.246 e. The number of aromatic amines is 1. The SMILES string of the molecule is CCN(Cc1cccs1)c1n[nH]c(N)n1. The molecule has 0 aliphatic heterocycles. The van der Waals surface area contributed by atoms with Crippen LogP contribution in [0.25, 0.3) is 0 Å². The Hall–Kier alpha value is -1.56. The van der Waals surface area contributed by atoms with Crippen molar-refractivity contribution in [2.75, 3.05) is 17.2 Å². The molecule has 15 heavy (non-hydrogen) atoms. The van der Waals surface area contributed by atoms with E-state index in [1.54, 1.807) is 11.3 Å². The molecule has 0 radical (unpaired) electrons. The van der Waals surface area contributed by atoms with Gasteiger partial charge in [0.1, 0.15) is 0 Å². The van der Waals surface area contributed by atoms with Crippen molar-refractivity contribution in [3.63, 3.8) is 0 Å². The number of nitrogens with one attached hydrogen (secondary N) is 1. The Labute approximate surface area is 91.9 Å². The van der Waals surface area contributed by atoms with Gasteiger partial charge in [0.15, 0.2) is 0 Å². The summed E-state index contributed by atoms with van der Waals surface area (Å²) in [5.41, 5.74) is 5.49. The molecule has 2 aromatic rings. The molecule has 0 aliphatic rings. The maximum atomic E-state index is 5.49. The van der Waals surface area contributed by atoms with Gasteiger partial charge in [-0.2, -0.15) is 4.98 Å². The molecule has 0 amide bonds. The van der Waals surface area contributed by atoms with Crippen LogP contribution < -0.4 is 10.6 Å². The van der Waals surface area contributed by atoms with Crippen LogP contribution in [0.2, 0.25) is 0 Å². The molecule has 0 bridgehead atoms. The van der Waals surface area contributed by atoms with Crippen LogP contribution in [0.3, 0.4) is 0 Å². The summed E-state index contributed by atoms with van der Waals surface area (Å²) in [4.78, 5) is 7.46. The van der Waals surface area contributed by atoms with Gasteiger partial charge < -0.3 is 10.6 Å². The molecule has 6 heteroatoms. The number of H-pyrrole nitrogens is 1. The summed E-state index contributed by atoms with van der Waals surface area (Å²) in [6.07, 6.45) is 0. The number of aromatic nitrogens is 3. The Bertz CT molecular complexity index is 408. The number of nitrogens with two attached hydrogens (primary N) is 1. The van der Waals surface area contributed by atoms with E-state index in [9.17, 15) is 0 Å². The van der Waals surface area contributed by atoms with E-state index < -0.39 is 0 Å². The Morgan fingerprint density at radius 3 is 3.00 bits per heavy atom. The number of anilines is 2. The van der Waals surface area contributed by atoms with Crippen LogP contribution >= 0.6 is 11.3 Å². The highest BCUT2D eigenvalue weighted by Crippen LogP contribution is 2.15. The lowest BCUT2D eigenvalue weighted by atomic mass is 10.4. The molecule has 0 fully saturated rings. The van der Waals surface area contributed by atoms with E-state index in [2.05, 4.69) is 38.5 Å². The predicted octanol–water partition coefficient (Wildman–Crippen LogP) is 1.47. The molecule has 2 rings (SSSR count). The van der Waals surface area contributed by atoms with Crippen molar-refractivity contribution >= 4 is 23.2 Å². The second-order valence-corrected chi connectivity index (χ2v) is 4.15. The third-order valence-electron chi connectivity index (χ3n) is 2.08. The van der Waals surface area contributed by atoms with Gasteiger partial charge in [0.2, 0.25) is 11.9 Å². The van der Waals surface area contributed by atoms with E-state index in [0.717, 1.165) is 13.1 Å². The molecule has 2 heterocycles. The van der Waals surface area contributed by atoms with Crippen molar-refractivity contribution in [2.45, 2.75) is 13.5 Å². The van der Waals surface area contributed by atoms with Gasteiger partial charge in [0.05, 0.1) is 6.54 Å². The third-order valence-corrected chi connectivity index (χ3v) is 2.94. The second-order valence-electron chi connectivity index (χ2n) is 3.11. The molecule has 0 atom stereocenters. The average molecular weight is 223 g/mol. The fraction of sp³-hybridized carbons (Fsp3) is 0.333. The number of hydrogen-bond acceptors (Lipinski definition) is 5. The van der Waals surface area contributed by atoms with Gasteiger partial charge in [-0.25, -0.2) is 5.10 Å². The summed E-state index contributed by atoms with van der Waals surface area (Å²) in [7, 11) is 0. The van der Waals surface area contributed by atoms with Gasteiger partial charge in [-0.3, -0.25) is 0 Å². The van der Waals surface area contributed by atoms with E-state index in [1.165, 1.54) is 4.88 Å². The lowest BCUT2D eigenvalue weighted by Gasteiger charge is -2.17. The van der Waals surface area contributed by atoms with Crippen molar-refractivity contribution in [1.82, 2.24) is 15.2 Å². The van der Waals surface area contributed by atoms with Crippen molar-refractivity contribution < 1.29 is 0 Å². The van der Waals surface area contributed by atoms with Gasteiger partial charge in [-0.1, -0.05) is 6.07 Å². The molecule has 0 aromatic carbocycles. The van der Waals surface area contributed by atoms with Crippen LogP contribution in [0.4, 0.5) is 11.9 Å². The standard InChI is InChI=1S/C9H13N5S/c1-2-14(6-7-4-3-5-15-7)9-11-8(10)12-13-9/h3-5H,2,6H2,1H3,(H3,10,11,12,13). The minimum atomic E-state index is 0.356. The zero-order valence-corrected chi connectivity index (χ0v) is 9.29. The maximum absolute atomic E-state index is 5.49. The van der Waals surface area contributed by atoms with Crippen LogP contribution in [-0.4, -0.2) is 21.7 Å². The van der Waals surface area contributed by atoms with Gasteiger partial charge in [0.25, 0.3) is 0 Å². The van der Waals surface area contributed by atoms with Crippen LogP contribution in [0.15, 0.2) is 17.5 Å². The predicted molar refractivity (Wildman–Crippen MR) is 61.8 cm³/mol. The van der Waals surface area contributed by atoms with Crippen LogP contribution in [0.1, 0.15) is 11.8 Å². The quantitative estimate of drug-likeness (QED) is 0.823. The fourth-order valence-electron chi connectivity index (χ4n) is 1.32. The summed E-state index contributed by atoms with van der Waals surface area (Å²) >= 11 is 1.73. The Morgan fingerprint density at radius 1 is 1.60 bits per heavy atom. The number of rotatable bonds is 4. The third kappa shape index (κ3) is 2.27. The second kappa shape index (κ2) is 4.31. The molecule has 0 saturated heterocycles. The summed E-state index contributed by atoms with van der Waals surface area (Å²) in [6, 6.07) is 4.14. The van der Waals surface area contributed by atoms with E-state index >= 15 is 0 Å². The van der Waals surface area contributed by atoms with E-state index in [-0.39, 0.29) is 0 Å². The first kappa shape index (κ1) is 9.97. The molecule has 5 nitrogen and oxygen atoms in total. The summed E-state index contributed by atoms with van der Waals surface area (Å²) in [6.45, 7) is 3.75. The van der Waals surface area contributed by atoms with Crippen molar-refractivity contribution in [3.05, 3.63) is 22.4 Å². The zero-order chi connectivity index (χ0) is 10.7. The van der Waals surface area contributed by atoms with E-state index in [4.69, 9.17) is 5.73 Å². The van der Waals surface area contributed by atoms with Crippen molar-refractivity contribution in [3.8, 4) is 0 Å². The molecule has 2 aromatic heterocycles. The van der Waals surface area contributed by atoms with Crippen LogP contribution in [0, 0.1) is 0 Å². The number of nitrogen functional groups attached to an aromatic ring is 1. The van der Waals surface area contributed by atoms with Crippen LogP contribution in [-0.2, 0) is 6.54 Å². The summed E-state index contributed by atoms with van der Waals surface area (Å²) < 4.78 is 0. The number of hydrogen-bond donors (Lipinski definition) is 2. The summed E-state index contributed by atoms with van der Waals surface area (Å²) in [5.74, 6) is 1.01. The smallest absolute Gasteiger partial charge is 0.246 e. The molecule has 0 unspecified atom stereocenters. The van der Waals surface area contributed by atoms with Gasteiger partial charge >= 0.3 is 0 Å². The van der Waals surface area contributed by atoms with Crippen LogP contribution in [0.5, 0.6) is 0 Å². The first-order valence-corrected chi connectivity index (χ1v) is 5.62. The molecule has 3 N–H and O–H groups in total. The molecular weight excluding hydrogens is 210 g/mol. The normalized spacial score (nSPS) is 10.5. The highest BCUT2D eigenvalue weighted by atomic mass is 32.1. The topological polar surface area (TPSA) is 70.8 Å². The van der Waals surface area contributed by atoms with Gasteiger partial charge in [-0.15, -0.1) is 16.4 Å². The molecule has 0 spiro atoms. The highest BCUT2D eigenvalue weighted by Gasteiger charge is 2.10.